The van der Waals surface area contributed by atoms with Gasteiger partial charge in [-0.1, -0.05) is 6.07 Å². The number of hydrogen-bond donors (Lipinski definition) is 3. The molecule has 25 heavy (non-hydrogen) atoms. The molecule has 0 bridgehead atoms. The summed E-state index contributed by atoms with van der Waals surface area (Å²) in [5.41, 5.74) is 7.47. The Hall–Kier alpha value is -3.41. The fourth-order valence-electron chi connectivity index (χ4n) is 3.31. The van der Waals surface area contributed by atoms with E-state index < -0.39 is 0 Å². The van der Waals surface area contributed by atoms with Gasteiger partial charge in [-0.3, -0.25) is 15.1 Å². The highest BCUT2D eigenvalue weighted by molar-refractivity contribution is 5.88. The minimum atomic E-state index is -0.0607. The Bertz CT molecular complexity index is 1060. The third-order valence-electron chi connectivity index (χ3n) is 4.64. The molecular weight excluding hydrogens is 312 g/mol. The average molecular weight is 328 g/mol. The third kappa shape index (κ3) is 2.22. The Morgan fingerprint density at radius 3 is 2.64 bits per heavy atom. The number of fused-ring (bicyclic) bond motifs is 2. The monoisotopic (exact) mass is 328 g/mol. The average Bonchev–Trinajstić information content (AvgIpc) is 3.25. The number of aromatic amines is 1. The zero-order valence-electron chi connectivity index (χ0n) is 13.6. The molecule has 0 aliphatic carbocycles. The first-order valence-corrected chi connectivity index (χ1v) is 8.16. The smallest absolute Gasteiger partial charge is 0.141 e. The normalized spacial score (nSPS) is 15.6. The highest BCUT2D eigenvalue weighted by Crippen LogP contribution is 2.36. The molecule has 1 unspecified atom stereocenters. The second kappa shape index (κ2) is 5.31. The summed E-state index contributed by atoms with van der Waals surface area (Å²) in [6.07, 6.45) is 7.27. The molecule has 3 aromatic heterocycles. The molecule has 1 aliphatic heterocycles. The maximum absolute atomic E-state index is 4.45. The van der Waals surface area contributed by atoms with Crippen molar-refractivity contribution in [3.8, 4) is 11.1 Å². The van der Waals surface area contributed by atoms with E-state index in [1.54, 1.807) is 6.20 Å². The summed E-state index contributed by atoms with van der Waals surface area (Å²) in [6, 6.07) is 10.3. The number of nitrogens with zero attached hydrogens (tertiary/aromatic N) is 3. The van der Waals surface area contributed by atoms with Crippen LogP contribution in [0.2, 0.25) is 0 Å². The van der Waals surface area contributed by atoms with Crippen LogP contribution < -0.4 is 10.6 Å². The van der Waals surface area contributed by atoms with E-state index >= 15 is 0 Å². The summed E-state index contributed by atoms with van der Waals surface area (Å²) in [5, 5.41) is 15.6. The lowest BCUT2D eigenvalue weighted by molar-refractivity contribution is 0.874. The van der Waals surface area contributed by atoms with Crippen LogP contribution in [0.15, 0.2) is 55.1 Å². The number of hydrogen-bond acceptors (Lipinski definition) is 5. The van der Waals surface area contributed by atoms with Gasteiger partial charge in [-0.25, -0.2) is 0 Å². The van der Waals surface area contributed by atoms with Crippen molar-refractivity contribution in [1.29, 1.82) is 0 Å². The maximum Gasteiger partial charge on any atom is 0.141 e. The first kappa shape index (κ1) is 14.0. The molecule has 1 aliphatic rings. The van der Waals surface area contributed by atoms with Gasteiger partial charge >= 0.3 is 0 Å². The lowest BCUT2D eigenvalue weighted by Crippen LogP contribution is -2.12. The summed E-state index contributed by atoms with van der Waals surface area (Å²) in [5.74, 6) is 0. The van der Waals surface area contributed by atoms with E-state index in [9.17, 15) is 0 Å². The molecule has 4 heterocycles. The molecule has 3 N–H and O–H groups in total. The Balaban J connectivity index is 1.59. The Morgan fingerprint density at radius 2 is 1.76 bits per heavy atom. The maximum atomic E-state index is 4.45. The molecule has 5 rings (SSSR count). The van der Waals surface area contributed by atoms with Crippen molar-refractivity contribution in [1.82, 2.24) is 20.2 Å². The number of nitrogens with one attached hydrogen (secondary N) is 3. The van der Waals surface area contributed by atoms with Crippen LogP contribution >= 0.6 is 0 Å². The van der Waals surface area contributed by atoms with Gasteiger partial charge in [-0.05, 0) is 42.3 Å². The number of benzene rings is 1. The van der Waals surface area contributed by atoms with E-state index in [1.807, 2.05) is 36.8 Å². The van der Waals surface area contributed by atoms with Crippen molar-refractivity contribution in [3.63, 3.8) is 0 Å². The summed E-state index contributed by atoms with van der Waals surface area (Å²) < 4.78 is 0. The first-order valence-electron chi connectivity index (χ1n) is 8.16. The van der Waals surface area contributed by atoms with Gasteiger partial charge < -0.3 is 10.6 Å². The SMILES string of the molecule is Cc1ccncc1-c1ccc2n[nH]c(C3Nc4ccncc4N3)c2c1. The number of rotatable bonds is 2. The predicted molar refractivity (Wildman–Crippen MR) is 98.3 cm³/mol. The molecule has 1 atom stereocenters. The number of H-pyrrole nitrogens is 1. The molecule has 0 fully saturated rings. The standard InChI is InChI=1S/C19H16N6/c1-11-4-6-20-9-14(11)12-2-3-15-13(8-12)18(25-24-15)19-22-16-5-7-21-10-17(16)23-19/h2-10,19,22-23H,1H3,(H,24,25). The van der Waals surface area contributed by atoms with Crippen molar-refractivity contribution in [2.24, 2.45) is 0 Å². The van der Waals surface area contributed by atoms with Crippen molar-refractivity contribution in [3.05, 3.63) is 66.4 Å². The number of aromatic nitrogens is 4. The van der Waals surface area contributed by atoms with Crippen LogP contribution in [0.3, 0.4) is 0 Å². The molecule has 0 saturated heterocycles. The topological polar surface area (TPSA) is 78.5 Å². The number of pyridine rings is 2. The molecule has 0 amide bonds. The van der Waals surface area contributed by atoms with Crippen LogP contribution in [0.5, 0.6) is 0 Å². The van der Waals surface area contributed by atoms with Crippen LogP contribution in [0, 0.1) is 6.92 Å². The van der Waals surface area contributed by atoms with Gasteiger partial charge in [-0.2, -0.15) is 5.10 Å². The van der Waals surface area contributed by atoms with Crippen LogP contribution in [0.25, 0.3) is 22.0 Å². The number of aryl methyl sites for hydroxylation is 1. The van der Waals surface area contributed by atoms with Crippen molar-refractivity contribution >= 4 is 22.3 Å². The molecular formula is C19H16N6. The fraction of sp³-hybridized carbons (Fsp3) is 0.105. The van der Waals surface area contributed by atoms with E-state index in [-0.39, 0.29) is 6.17 Å². The van der Waals surface area contributed by atoms with Crippen LogP contribution in [0.4, 0.5) is 11.4 Å². The fourth-order valence-corrected chi connectivity index (χ4v) is 3.31. The highest BCUT2D eigenvalue weighted by Gasteiger charge is 2.24. The largest absolute Gasteiger partial charge is 0.359 e. The molecule has 0 radical (unpaired) electrons. The molecule has 0 saturated carbocycles. The van der Waals surface area contributed by atoms with Gasteiger partial charge in [-0.15, -0.1) is 0 Å². The molecule has 122 valence electrons. The zero-order chi connectivity index (χ0) is 16.8. The Morgan fingerprint density at radius 1 is 0.920 bits per heavy atom. The van der Waals surface area contributed by atoms with E-state index in [1.165, 1.54) is 5.56 Å². The van der Waals surface area contributed by atoms with Crippen LogP contribution in [-0.2, 0) is 0 Å². The quantitative estimate of drug-likeness (QED) is 0.521. The molecule has 6 heteroatoms. The summed E-state index contributed by atoms with van der Waals surface area (Å²) in [7, 11) is 0. The minimum absolute atomic E-state index is 0.0607. The van der Waals surface area contributed by atoms with E-state index in [0.717, 1.165) is 39.1 Å². The van der Waals surface area contributed by atoms with Gasteiger partial charge in [0.2, 0.25) is 0 Å². The third-order valence-corrected chi connectivity index (χ3v) is 4.64. The second-order valence-electron chi connectivity index (χ2n) is 6.20. The second-order valence-corrected chi connectivity index (χ2v) is 6.20. The molecule has 1 aromatic carbocycles. The summed E-state index contributed by atoms with van der Waals surface area (Å²) in [4.78, 5) is 8.42. The van der Waals surface area contributed by atoms with Gasteiger partial charge in [0.15, 0.2) is 0 Å². The molecule has 0 spiro atoms. The zero-order valence-corrected chi connectivity index (χ0v) is 13.6. The van der Waals surface area contributed by atoms with Gasteiger partial charge in [0.1, 0.15) is 6.17 Å². The molecule has 6 nitrogen and oxygen atoms in total. The lowest BCUT2D eigenvalue weighted by Gasteiger charge is -2.11. The first-order chi connectivity index (χ1) is 12.3. The van der Waals surface area contributed by atoms with Gasteiger partial charge in [0, 0.05) is 29.5 Å². The van der Waals surface area contributed by atoms with Crippen molar-refractivity contribution < 1.29 is 0 Å². The number of anilines is 2. The lowest BCUT2D eigenvalue weighted by atomic mass is 10.0. The minimum Gasteiger partial charge on any atom is -0.359 e. The predicted octanol–water partition coefficient (Wildman–Crippen LogP) is 3.86. The van der Waals surface area contributed by atoms with Gasteiger partial charge in [0.25, 0.3) is 0 Å². The van der Waals surface area contributed by atoms with E-state index in [4.69, 9.17) is 0 Å². The van der Waals surface area contributed by atoms with Crippen molar-refractivity contribution in [2.45, 2.75) is 13.1 Å². The van der Waals surface area contributed by atoms with Gasteiger partial charge in [0.05, 0.1) is 28.8 Å². The Kier molecular flexibility index (Phi) is 2.97. The summed E-state index contributed by atoms with van der Waals surface area (Å²) in [6.45, 7) is 2.10. The van der Waals surface area contributed by atoms with Crippen molar-refractivity contribution in [2.75, 3.05) is 10.6 Å². The Labute approximate surface area is 144 Å². The highest BCUT2D eigenvalue weighted by atomic mass is 15.2. The summed E-state index contributed by atoms with van der Waals surface area (Å²) >= 11 is 0. The van der Waals surface area contributed by atoms with E-state index in [2.05, 4.69) is 49.9 Å². The molecule has 4 aromatic rings. The van der Waals surface area contributed by atoms with Crippen LogP contribution in [-0.4, -0.2) is 20.2 Å². The van der Waals surface area contributed by atoms with Crippen LogP contribution in [0.1, 0.15) is 17.4 Å². The van der Waals surface area contributed by atoms with E-state index in [0.29, 0.717) is 0 Å².